The van der Waals surface area contributed by atoms with E-state index in [0.29, 0.717) is 0 Å². The van der Waals surface area contributed by atoms with Gasteiger partial charge in [0.1, 0.15) is 0 Å². The normalized spacial score (nSPS) is 12.1. The fourth-order valence-corrected chi connectivity index (χ4v) is 6.69. The van der Waals surface area contributed by atoms with Gasteiger partial charge in [0.2, 0.25) is 0 Å². The second kappa shape index (κ2) is 31.0. The van der Waals surface area contributed by atoms with Gasteiger partial charge in [-0.25, -0.2) is 0 Å². The minimum absolute atomic E-state index is 0. The summed E-state index contributed by atoms with van der Waals surface area (Å²) in [5.41, 5.74) is 8.45. The van der Waals surface area contributed by atoms with E-state index in [1.807, 2.05) is 0 Å². The zero-order chi connectivity index (χ0) is 36.9. The van der Waals surface area contributed by atoms with Gasteiger partial charge in [-0.2, -0.15) is 0 Å². The number of allylic oxidation sites excluding steroid dienone is 2. The van der Waals surface area contributed by atoms with E-state index in [4.69, 9.17) is 9.98 Å². The van der Waals surface area contributed by atoms with E-state index in [-0.39, 0.29) is 16.5 Å². The van der Waals surface area contributed by atoms with Gasteiger partial charge in [0.05, 0.1) is 34.2 Å². The van der Waals surface area contributed by atoms with Gasteiger partial charge in [-0.15, -0.1) is 0 Å². The number of nitrogens with zero attached hydrogens (tertiary/aromatic N) is 4. The number of aliphatic imine (C=N–C) groups is 2. The minimum Gasteiger partial charge on any atom is -0.373 e. The molecule has 0 N–H and O–H groups in total. The van der Waals surface area contributed by atoms with Crippen LogP contribution in [0.4, 0.5) is 22.7 Å². The Balaban J connectivity index is 0.0000135. The summed E-state index contributed by atoms with van der Waals surface area (Å²) in [6.45, 7) is 13.3. The van der Waals surface area contributed by atoms with E-state index in [9.17, 15) is 0 Å². The van der Waals surface area contributed by atoms with E-state index < -0.39 is 0 Å². The molecule has 0 unspecified atom stereocenters. The van der Waals surface area contributed by atoms with E-state index in [2.05, 4.69) is 113 Å². The van der Waals surface area contributed by atoms with Gasteiger partial charge in [0, 0.05) is 43.7 Å². The Morgan fingerprint density at radius 2 is 1.04 bits per heavy atom. The first-order chi connectivity index (χ1) is 25.0. The predicted molar refractivity (Wildman–Crippen MR) is 232 cm³/mol. The number of para-hydroxylation sites is 1. The van der Waals surface area contributed by atoms with Crippen LogP contribution in [0.15, 0.2) is 64.6 Å². The van der Waals surface area contributed by atoms with Gasteiger partial charge in [-0.05, 0) is 101 Å². The van der Waals surface area contributed by atoms with Crippen molar-refractivity contribution in [2.24, 2.45) is 9.98 Å². The molecule has 0 aliphatic heterocycles. The van der Waals surface area contributed by atoms with Crippen molar-refractivity contribution in [1.82, 2.24) is 0 Å². The van der Waals surface area contributed by atoms with Crippen LogP contribution in [-0.4, -0.2) is 38.6 Å². The molecule has 5 heteroatoms. The summed E-state index contributed by atoms with van der Waals surface area (Å²) in [6, 6.07) is 15.7. The SMILES string of the molecule is CCCCCCCCC=CCCCc1ccccc1N=C(CCCCCC)C(CCCCCCCC)=Nc1ccc(N(C)CC)c(N(C)CC)c1.[Ni]. The molecule has 52 heavy (non-hydrogen) atoms. The fourth-order valence-electron chi connectivity index (χ4n) is 6.69. The largest absolute Gasteiger partial charge is 0.373 e. The van der Waals surface area contributed by atoms with Crippen molar-refractivity contribution in [1.29, 1.82) is 0 Å². The monoisotopic (exact) mass is 757 g/mol. The maximum atomic E-state index is 5.53. The van der Waals surface area contributed by atoms with E-state index in [1.165, 1.54) is 131 Å². The van der Waals surface area contributed by atoms with E-state index >= 15 is 0 Å². The average molecular weight is 758 g/mol. The molecule has 0 radical (unpaired) electrons. The van der Waals surface area contributed by atoms with Gasteiger partial charge in [-0.3, -0.25) is 9.98 Å². The van der Waals surface area contributed by atoms with Crippen LogP contribution in [0.25, 0.3) is 0 Å². The Bertz CT molecular complexity index is 1270. The van der Waals surface area contributed by atoms with Crippen LogP contribution < -0.4 is 9.80 Å². The van der Waals surface area contributed by atoms with Crippen LogP contribution in [-0.2, 0) is 22.9 Å². The summed E-state index contributed by atoms with van der Waals surface area (Å²) in [5.74, 6) is 0. The van der Waals surface area contributed by atoms with Crippen molar-refractivity contribution in [2.45, 2.75) is 176 Å². The number of hydrogen-bond acceptors (Lipinski definition) is 4. The number of anilines is 2. The Morgan fingerprint density at radius 1 is 0.538 bits per heavy atom. The quantitative estimate of drug-likeness (QED) is 0.0344. The van der Waals surface area contributed by atoms with Gasteiger partial charge >= 0.3 is 0 Å². The molecule has 0 heterocycles. The van der Waals surface area contributed by atoms with E-state index in [0.717, 1.165) is 63.0 Å². The molecule has 2 aromatic carbocycles. The first-order valence-electron chi connectivity index (χ1n) is 21.4. The topological polar surface area (TPSA) is 31.2 Å². The molecule has 0 aliphatic rings. The van der Waals surface area contributed by atoms with Crippen LogP contribution in [0.2, 0.25) is 0 Å². The molecule has 0 spiro atoms. The number of hydrogen-bond donors (Lipinski definition) is 0. The van der Waals surface area contributed by atoms with Crippen molar-refractivity contribution < 1.29 is 16.5 Å². The molecule has 0 saturated heterocycles. The fraction of sp³-hybridized carbons (Fsp3) is 0.660. The molecule has 0 amide bonds. The van der Waals surface area contributed by atoms with Crippen LogP contribution in [0.3, 0.4) is 0 Å². The first kappa shape index (κ1) is 47.6. The Morgan fingerprint density at radius 3 is 1.65 bits per heavy atom. The number of benzene rings is 2. The first-order valence-corrected chi connectivity index (χ1v) is 21.4. The second-order valence-corrected chi connectivity index (χ2v) is 14.7. The Labute approximate surface area is 332 Å². The molecule has 0 aliphatic carbocycles. The Hall–Kier alpha value is -2.39. The third-order valence-electron chi connectivity index (χ3n) is 10.3. The Kier molecular flexibility index (Phi) is 28.4. The minimum atomic E-state index is 0. The zero-order valence-corrected chi connectivity index (χ0v) is 35.8. The molecular formula is C47H78N4Ni. The molecule has 0 fully saturated rings. The summed E-state index contributed by atoms with van der Waals surface area (Å²) in [6.07, 6.45) is 32.2. The predicted octanol–water partition coefficient (Wildman–Crippen LogP) is 14.8. The van der Waals surface area contributed by atoms with Gasteiger partial charge in [0.15, 0.2) is 0 Å². The molecule has 0 saturated carbocycles. The van der Waals surface area contributed by atoms with Gasteiger partial charge in [-0.1, -0.05) is 135 Å². The summed E-state index contributed by atoms with van der Waals surface area (Å²) < 4.78 is 0. The van der Waals surface area contributed by atoms with Crippen LogP contribution in [0.5, 0.6) is 0 Å². The maximum Gasteiger partial charge on any atom is 0.0665 e. The van der Waals surface area contributed by atoms with Crippen LogP contribution in [0.1, 0.15) is 175 Å². The molecule has 2 rings (SSSR count). The third-order valence-corrected chi connectivity index (χ3v) is 10.3. The molecule has 296 valence electrons. The summed E-state index contributed by atoms with van der Waals surface area (Å²) in [7, 11) is 4.37. The van der Waals surface area contributed by atoms with Crippen LogP contribution >= 0.6 is 0 Å². The third kappa shape index (κ3) is 19.6. The summed E-state index contributed by atoms with van der Waals surface area (Å²) in [4.78, 5) is 15.7. The molecular weight excluding hydrogens is 679 g/mol. The van der Waals surface area contributed by atoms with Crippen molar-refractivity contribution in [3.63, 3.8) is 0 Å². The molecule has 0 aromatic heterocycles. The molecule has 2 aromatic rings. The van der Waals surface area contributed by atoms with Crippen molar-refractivity contribution in [3.05, 3.63) is 60.2 Å². The zero-order valence-electron chi connectivity index (χ0n) is 34.8. The van der Waals surface area contributed by atoms with Crippen molar-refractivity contribution in [3.8, 4) is 0 Å². The standard InChI is InChI=1S/C47H78N4.Ni/c1-8-13-16-19-21-22-23-24-25-26-28-33-41-34-31-32-35-43(41)49-45(37-29-18-15-10-3)44(36-30-27-20-17-14-9-2)48-42-38-39-46(50(6)11-4)47(40-42)51(7)12-5;/h24-25,31-32,34-35,38-40H,8-23,26-30,33,36-37H2,1-7H3;. The number of rotatable bonds is 30. The van der Waals surface area contributed by atoms with Crippen molar-refractivity contribution in [2.75, 3.05) is 37.0 Å². The van der Waals surface area contributed by atoms with Crippen molar-refractivity contribution >= 4 is 34.2 Å². The molecule has 0 atom stereocenters. The number of aryl methyl sites for hydroxylation is 1. The molecule has 0 bridgehead atoms. The number of unbranched alkanes of at least 4 members (excludes halogenated alkanes) is 15. The van der Waals surface area contributed by atoms with Crippen LogP contribution in [0, 0.1) is 0 Å². The van der Waals surface area contributed by atoms with E-state index in [1.54, 1.807) is 0 Å². The summed E-state index contributed by atoms with van der Waals surface area (Å²) in [5, 5.41) is 0. The van der Waals surface area contributed by atoms with Gasteiger partial charge < -0.3 is 9.80 Å². The van der Waals surface area contributed by atoms with Gasteiger partial charge in [0.25, 0.3) is 0 Å². The smallest absolute Gasteiger partial charge is 0.0665 e. The average Bonchev–Trinajstić information content (AvgIpc) is 3.15. The summed E-state index contributed by atoms with van der Waals surface area (Å²) >= 11 is 0. The maximum absolute atomic E-state index is 5.53. The second-order valence-electron chi connectivity index (χ2n) is 14.7. The molecule has 4 nitrogen and oxygen atoms in total.